The summed E-state index contributed by atoms with van der Waals surface area (Å²) >= 11 is 0. The number of aliphatic hydroxyl groups is 1. The van der Waals surface area contributed by atoms with E-state index in [4.69, 9.17) is 52.8 Å². The summed E-state index contributed by atoms with van der Waals surface area (Å²) in [5, 5.41) is 18.0. The summed E-state index contributed by atoms with van der Waals surface area (Å²) in [6.45, 7) is 12.7. The second kappa shape index (κ2) is 25.3. The predicted octanol–water partition coefficient (Wildman–Crippen LogP) is -1.30. The highest BCUT2D eigenvalue weighted by Crippen LogP contribution is 2.11. The van der Waals surface area contributed by atoms with E-state index in [0.717, 1.165) is 83.1 Å². The molecule has 0 unspecified atom stereocenters. The molecule has 0 amide bonds. The summed E-state index contributed by atoms with van der Waals surface area (Å²) in [7, 11) is 0. The van der Waals surface area contributed by atoms with Gasteiger partial charge in [0.2, 0.25) is 0 Å². The Bertz CT molecular complexity index is 1650. The van der Waals surface area contributed by atoms with Crippen LogP contribution in [-0.2, 0) is 110 Å². The molecule has 25 nitrogen and oxygen atoms in total. The average molecular weight is 883 g/mol. The van der Waals surface area contributed by atoms with Gasteiger partial charge in [0.05, 0.1) is 0 Å². The lowest BCUT2D eigenvalue weighted by molar-refractivity contribution is -0.190. The Labute approximate surface area is 347 Å². The van der Waals surface area contributed by atoms with Gasteiger partial charge in [-0.1, -0.05) is 0 Å². The van der Waals surface area contributed by atoms with E-state index >= 15 is 0 Å². The molecule has 344 valence electrons. The highest BCUT2D eigenvalue weighted by atomic mass is 16.7. The summed E-state index contributed by atoms with van der Waals surface area (Å²) in [4.78, 5) is 145. The molecule has 0 aliphatic rings. The predicted molar refractivity (Wildman–Crippen MR) is 190 cm³/mol. The minimum Gasteiger partial charge on any atom is -0.479 e. The van der Waals surface area contributed by atoms with Gasteiger partial charge in [-0.2, -0.15) is 0 Å². The number of hydrogen-bond acceptors (Lipinski definition) is 24. The molecule has 25 heteroatoms. The molecule has 0 saturated carbocycles. The van der Waals surface area contributed by atoms with E-state index in [1.54, 1.807) is 0 Å². The Morgan fingerprint density at radius 1 is 0.246 bits per heavy atom. The zero-order chi connectivity index (χ0) is 47.6. The third-order valence-corrected chi connectivity index (χ3v) is 7.23. The second-order valence-electron chi connectivity index (χ2n) is 12.9. The summed E-state index contributed by atoms with van der Waals surface area (Å²) in [6.07, 6.45) is -19.5. The van der Waals surface area contributed by atoms with Crippen LogP contribution in [0.5, 0.6) is 0 Å². The number of ether oxygens (including phenoxy) is 11. The Morgan fingerprint density at radius 3 is 0.475 bits per heavy atom. The van der Waals surface area contributed by atoms with E-state index in [9.17, 15) is 57.5 Å². The van der Waals surface area contributed by atoms with Crippen molar-refractivity contribution in [3.05, 3.63) is 0 Å². The van der Waals surface area contributed by atoms with Gasteiger partial charge in [-0.25, -0.2) is 57.5 Å². The van der Waals surface area contributed by atoms with Gasteiger partial charge in [0.15, 0.2) is 67.1 Å². The Balaban J connectivity index is 4.91. The van der Waals surface area contributed by atoms with E-state index in [-0.39, 0.29) is 0 Å². The number of rotatable bonds is 23. The van der Waals surface area contributed by atoms with Crippen LogP contribution in [0.4, 0.5) is 0 Å². The van der Waals surface area contributed by atoms with Crippen LogP contribution in [0.15, 0.2) is 0 Å². The van der Waals surface area contributed by atoms with E-state index in [1.165, 1.54) is 0 Å². The van der Waals surface area contributed by atoms with Gasteiger partial charge >= 0.3 is 71.6 Å². The lowest BCUT2D eigenvalue weighted by Gasteiger charge is -2.21. The minimum atomic E-state index is -1.71. The second-order valence-corrected chi connectivity index (χ2v) is 12.9. The van der Waals surface area contributed by atoms with Gasteiger partial charge in [0.1, 0.15) is 6.10 Å². The van der Waals surface area contributed by atoms with Crippen molar-refractivity contribution in [2.45, 2.75) is 156 Å². The molecule has 0 aromatic rings. The fourth-order valence-corrected chi connectivity index (χ4v) is 3.50. The number of aliphatic hydroxyl groups excluding tert-OH is 1. The van der Waals surface area contributed by atoms with Gasteiger partial charge in [-0.3, -0.25) is 0 Å². The van der Waals surface area contributed by atoms with Crippen molar-refractivity contribution in [2.75, 3.05) is 0 Å². The lowest BCUT2D eigenvalue weighted by atomic mass is 10.3. The highest BCUT2D eigenvalue weighted by molar-refractivity contribution is 5.89. The molecule has 0 saturated heterocycles. The van der Waals surface area contributed by atoms with Crippen LogP contribution in [0, 0.1) is 0 Å². The number of carbonyl (C=O) groups excluding carboxylic acids is 11. The normalized spacial score (nSPS) is 16.7. The van der Waals surface area contributed by atoms with Crippen molar-refractivity contribution < 1.29 is 120 Å². The van der Waals surface area contributed by atoms with Crippen molar-refractivity contribution in [3.8, 4) is 0 Å². The van der Waals surface area contributed by atoms with Crippen molar-refractivity contribution in [1.82, 2.24) is 0 Å². The summed E-state index contributed by atoms with van der Waals surface area (Å²) < 4.78 is 53.0. The molecule has 0 fully saturated rings. The number of carbonyl (C=O) groups is 12. The van der Waals surface area contributed by atoms with Gasteiger partial charge in [0, 0.05) is 0 Å². The molecular formula is C36H50O25. The monoisotopic (exact) mass is 882 g/mol. The first-order valence-electron chi connectivity index (χ1n) is 18.2. The van der Waals surface area contributed by atoms with E-state index in [0.29, 0.717) is 0 Å². The lowest BCUT2D eigenvalue weighted by Crippen LogP contribution is -2.40. The largest absolute Gasteiger partial charge is 0.479 e. The molecule has 0 bridgehead atoms. The zero-order valence-electron chi connectivity index (χ0n) is 35.2. The first kappa shape index (κ1) is 54.6. The maximum Gasteiger partial charge on any atom is 0.347 e. The molecular weight excluding hydrogens is 832 g/mol. The minimum absolute atomic E-state index is 1.03. The number of esters is 11. The van der Waals surface area contributed by atoms with Crippen molar-refractivity contribution in [2.24, 2.45) is 0 Å². The molecule has 0 spiro atoms. The molecule has 0 heterocycles. The van der Waals surface area contributed by atoms with E-state index < -0.39 is 145 Å². The molecule has 12 atom stereocenters. The quantitative estimate of drug-likeness (QED) is 0.0889. The molecule has 0 aliphatic carbocycles. The van der Waals surface area contributed by atoms with E-state index in [1.807, 2.05) is 0 Å². The topological polar surface area (TPSA) is 347 Å². The third kappa shape index (κ3) is 19.5. The fourth-order valence-electron chi connectivity index (χ4n) is 3.50. The van der Waals surface area contributed by atoms with Crippen LogP contribution < -0.4 is 0 Å². The van der Waals surface area contributed by atoms with Crippen molar-refractivity contribution >= 4 is 71.6 Å². The molecule has 0 radical (unpaired) electrons. The first-order chi connectivity index (χ1) is 28.0. The van der Waals surface area contributed by atoms with E-state index in [2.05, 4.69) is 9.47 Å². The van der Waals surface area contributed by atoms with Gasteiger partial charge in [-0.15, -0.1) is 0 Å². The third-order valence-electron chi connectivity index (χ3n) is 7.23. The van der Waals surface area contributed by atoms with Gasteiger partial charge < -0.3 is 62.3 Å². The Morgan fingerprint density at radius 2 is 0.361 bits per heavy atom. The van der Waals surface area contributed by atoms with Crippen LogP contribution in [0.2, 0.25) is 0 Å². The number of carboxylic acid groups (broad SMARTS) is 1. The fraction of sp³-hybridized carbons (Fsp3) is 0.667. The highest BCUT2D eigenvalue weighted by Gasteiger charge is 2.35. The summed E-state index contributed by atoms with van der Waals surface area (Å²) in [6, 6.07) is 0. The maximum absolute atomic E-state index is 12.5. The number of hydrogen-bond donors (Lipinski definition) is 2. The smallest absolute Gasteiger partial charge is 0.347 e. The van der Waals surface area contributed by atoms with Crippen LogP contribution in [0.1, 0.15) is 83.1 Å². The first-order valence-corrected chi connectivity index (χ1v) is 18.2. The standard InChI is InChI=1S/C36H50O25/c1-13(37)26(40)52-15(3)28(42)54-17(5)30(44)56-19(7)32(46)58-21(9)34(48)60-23(11)36(50)61-24(12)35(49)59-22(10)33(47)57-20(8)31(45)55-18(6)29(43)53-16(4)27(41)51-14(2)25(38)39/h13-24,37H,1-12H3,(H,38,39)/t13-,14-,15-,16-,17-,18-,19-,20-,21-,22-,23-,24-/m0/s1. The maximum atomic E-state index is 12.5. The Hall–Kier alpha value is -6.40. The molecule has 2 N–H and O–H groups in total. The van der Waals surface area contributed by atoms with Crippen molar-refractivity contribution in [1.29, 1.82) is 0 Å². The Kier molecular flexibility index (Phi) is 22.6. The molecule has 0 aromatic carbocycles. The van der Waals surface area contributed by atoms with Gasteiger partial charge in [0.25, 0.3) is 0 Å². The summed E-state index contributed by atoms with van der Waals surface area (Å²) in [5.41, 5.74) is 0. The van der Waals surface area contributed by atoms with Crippen LogP contribution in [0.3, 0.4) is 0 Å². The number of carboxylic acids is 1. The average Bonchev–Trinajstić information content (AvgIpc) is 3.16. The number of aliphatic carboxylic acids is 1. The van der Waals surface area contributed by atoms with Crippen LogP contribution in [-0.4, -0.2) is 155 Å². The molecule has 61 heavy (non-hydrogen) atoms. The molecule has 0 rings (SSSR count). The van der Waals surface area contributed by atoms with Gasteiger partial charge in [-0.05, 0) is 83.1 Å². The van der Waals surface area contributed by atoms with Crippen LogP contribution in [0.25, 0.3) is 0 Å². The zero-order valence-corrected chi connectivity index (χ0v) is 35.2. The van der Waals surface area contributed by atoms with Crippen molar-refractivity contribution in [3.63, 3.8) is 0 Å². The SMILES string of the molecule is C[C@H](O)C(=O)O[C@@H](C)C(=O)O[C@@H](C)C(=O)O[C@@H](C)C(=O)O[C@@H](C)C(=O)O[C@@H](C)C(=O)O[C@@H](C)C(=O)O[C@@H](C)C(=O)O[C@@H](C)C(=O)O[C@@H](C)C(=O)O[C@@H](C)C(=O)O[C@@H](C)C(=O)O. The molecule has 0 aliphatic heterocycles. The molecule has 0 aromatic heterocycles. The van der Waals surface area contributed by atoms with Crippen LogP contribution >= 0.6 is 0 Å². The summed E-state index contributed by atoms with van der Waals surface area (Å²) in [5.74, 6) is -15.1.